The van der Waals surface area contributed by atoms with E-state index in [1.807, 2.05) is 0 Å². The molecule has 0 radical (unpaired) electrons. The Labute approximate surface area is 156 Å². The van der Waals surface area contributed by atoms with Crippen molar-refractivity contribution < 1.29 is 0 Å². The summed E-state index contributed by atoms with van der Waals surface area (Å²) in [6.07, 6.45) is 7.17. The molecule has 2 aromatic rings. The zero-order valence-electron chi connectivity index (χ0n) is 15.5. The Hall–Kier alpha value is -2.14. The molecule has 5 nitrogen and oxygen atoms in total. The van der Waals surface area contributed by atoms with Crippen LogP contribution in [-0.2, 0) is 6.42 Å². The second-order valence-electron chi connectivity index (χ2n) is 7.48. The van der Waals surface area contributed by atoms with Gasteiger partial charge in [0.15, 0.2) is 0 Å². The Kier molecular flexibility index (Phi) is 5.34. The van der Waals surface area contributed by atoms with Gasteiger partial charge in [0, 0.05) is 18.0 Å². The number of nitrogens with one attached hydrogen (secondary N) is 1. The summed E-state index contributed by atoms with van der Waals surface area (Å²) in [5, 5.41) is 3.55. The molecule has 0 amide bonds. The molecule has 2 aliphatic rings. The van der Waals surface area contributed by atoms with E-state index < -0.39 is 0 Å². The highest BCUT2D eigenvalue weighted by Gasteiger charge is 2.26. The molecular formula is C21H29N5. The molecule has 1 aliphatic carbocycles. The molecule has 0 saturated carbocycles. The molecule has 26 heavy (non-hydrogen) atoms. The number of nitrogens with zero attached hydrogens (tertiary/aromatic N) is 3. The maximum atomic E-state index is 6.06. The van der Waals surface area contributed by atoms with E-state index in [-0.39, 0.29) is 0 Å². The first kappa shape index (κ1) is 17.3. The molecule has 1 aromatic carbocycles. The minimum absolute atomic E-state index is 0.329. The zero-order valence-corrected chi connectivity index (χ0v) is 15.5. The van der Waals surface area contributed by atoms with E-state index >= 15 is 0 Å². The number of hydrogen-bond acceptors (Lipinski definition) is 5. The van der Waals surface area contributed by atoms with Crippen molar-refractivity contribution >= 4 is 11.8 Å². The van der Waals surface area contributed by atoms with Gasteiger partial charge in [-0.05, 0) is 63.7 Å². The van der Waals surface area contributed by atoms with Crippen molar-refractivity contribution in [1.29, 1.82) is 0 Å². The van der Waals surface area contributed by atoms with Crippen LogP contribution in [0.1, 0.15) is 54.8 Å². The highest BCUT2D eigenvalue weighted by Crippen LogP contribution is 2.38. The molecule has 1 aromatic heterocycles. The van der Waals surface area contributed by atoms with E-state index in [4.69, 9.17) is 5.73 Å². The van der Waals surface area contributed by atoms with Gasteiger partial charge in [0.05, 0.1) is 5.69 Å². The summed E-state index contributed by atoms with van der Waals surface area (Å²) in [5.74, 6) is 1.67. The van der Waals surface area contributed by atoms with Crippen molar-refractivity contribution in [1.82, 2.24) is 14.9 Å². The zero-order chi connectivity index (χ0) is 17.8. The minimum Gasteiger partial charge on any atom is -0.370 e. The molecule has 4 rings (SSSR count). The van der Waals surface area contributed by atoms with E-state index in [0.717, 1.165) is 37.3 Å². The molecule has 1 saturated heterocycles. The van der Waals surface area contributed by atoms with Crippen LogP contribution in [0.5, 0.6) is 0 Å². The molecule has 1 fully saturated rings. The summed E-state index contributed by atoms with van der Waals surface area (Å²) < 4.78 is 0. The lowest BCUT2D eigenvalue weighted by Gasteiger charge is -2.27. The fraction of sp³-hybridized carbons (Fsp3) is 0.524. The maximum Gasteiger partial charge on any atom is 0.222 e. The Morgan fingerprint density at radius 1 is 1.08 bits per heavy atom. The van der Waals surface area contributed by atoms with Crippen LogP contribution in [0, 0.1) is 0 Å². The van der Waals surface area contributed by atoms with Gasteiger partial charge in [0.1, 0.15) is 5.82 Å². The number of likely N-dealkylation sites (tertiary alicyclic amines) is 1. The van der Waals surface area contributed by atoms with Crippen molar-refractivity contribution in [2.75, 3.05) is 37.2 Å². The van der Waals surface area contributed by atoms with Crippen molar-refractivity contribution in [2.24, 2.45) is 0 Å². The summed E-state index contributed by atoms with van der Waals surface area (Å²) in [7, 11) is 0. The SMILES string of the molecule is Nc1nc(NCCCN2CCCC2)c2c(n1)C(c1ccccc1)CCC2. The summed E-state index contributed by atoms with van der Waals surface area (Å²) in [4.78, 5) is 11.7. The van der Waals surface area contributed by atoms with E-state index in [0.29, 0.717) is 11.9 Å². The molecule has 2 heterocycles. The Balaban J connectivity index is 1.48. The number of benzene rings is 1. The normalized spacial score (nSPS) is 20.1. The van der Waals surface area contributed by atoms with Gasteiger partial charge in [0.25, 0.3) is 0 Å². The predicted octanol–water partition coefficient (Wildman–Crippen LogP) is 3.42. The van der Waals surface area contributed by atoms with Gasteiger partial charge in [-0.3, -0.25) is 0 Å². The molecule has 1 atom stereocenters. The molecular weight excluding hydrogens is 322 g/mol. The van der Waals surface area contributed by atoms with Crippen LogP contribution in [0.15, 0.2) is 30.3 Å². The van der Waals surface area contributed by atoms with Gasteiger partial charge in [-0.2, -0.15) is 4.98 Å². The maximum absolute atomic E-state index is 6.06. The van der Waals surface area contributed by atoms with Gasteiger partial charge < -0.3 is 16.0 Å². The topological polar surface area (TPSA) is 67.1 Å². The van der Waals surface area contributed by atoms with Crippen LogP contribution in [0.4, 0.5) is 11.8 Å². The highest BCUT2D eigenvalue weighted by molar-refractivity contribution is 5.53. The highest BCUT2D eigenvalue weighted by atomic mass is 15.1. The first-order valence-corrected chi connectivity index (χ1v) is 9.99. The van der Waals surface area contributed by atoms with Crippen molar-refractivity contribution in [3.05, 3.63) is 47.2 Å². The quantitative estimate of drug-likeness (QED) is 0.781. The van der Waals surface area contributed by atoms with Gasteiger partial charge in [-0.1, -0.05) is 30.3 Å². The smallest absolute Gasteiger partial charge is 0.222 e. The molecule has 5 heteroatoms. The number of fused-ring (bicyclic) bond motifs is 1. The average molecular weight is 351 g/mol. The molecule has 0 bridgehead atoms. The summed E-state index contributed by atoms with van der Waals surface area (Å²) >= 11 is 0. The molecule has 1 aliphatic heterocycles. The average Bonchev–Trinajstić information content (AvgIpc) is 3.19. The van der Waals surface area contributed by atoms with Crippen molar-refractivity contribution in [3.8, 4) is 0 Å². The molecule has 1 unspecified atom stereocenters. The van der Waals surface area contributed by atoms with Crippen LogP contribution in [-0.4, -0.2) is 41.0 Å². The second kappa shape index (κ2) is 8.04. The third kappa shape index (κ3) is 3.83. The fourth-order valence-corrected chi connectivity index (χ4v) is 4.35. The van der Waals surface area contributed by atoms with E-state index in [2.05, 4.69) is 50.5 Å². The van der Waals surface area contributed by atoms with E-state index in [1.54, 1.807) is 0 Å². The first-order chi connectivity index (χ1) is 12.8. The minimum atomic E-state index is 0.329. The second-order valence-corrected chi connectivity index (χ2v) is 7.48. The molecule has 138 valence electrons. The number of aromatic nitrogens is 2. The van der Waals surface area contributed by atoms with Crippen LogP contribution < -0.4 is 11.1 Å². The number of nitrogens with two attached hydrogens (primary N) is 1. The largest absolute Gasteiger partial charge is 0.370 e. The number of hydrogen-bond donors (Lipinski definition) is 2. The fourth-order valence-electron chi connectivity index (χ4n) is 4.35. The van der Waals surface area contributed by atoms with E-state index in [9.17, 15) is 0 Å². The van der Waals surface area contributed by atoms with E-state index in [1.165, 1.54) is 50.0 Å². The van der Waals surface area contributed by atoms with Gasteiger partial charge in [-0.25, -0.2) is 4.98 Å². The van der Waals surface area contributed by atoms with Crippen LogP contribution in [0.25, 0.3) is 0 Å². The summed E-state index contributed by atoms with van der Waals surface area (Å²) in [5.41, 5.74) is 9.77. The van der Waals surface area contributed by atoms with Gasteiger partial charge in [0.2, 0.25) is 5.95 Å². The lowest BCUT2D eigenvalue weighted by molar-refractivity contribution is 0.337. The number of nitrogen functional groups attached to an aromatic ring is 1. The Bertz CT molecular complexity index is 725. The van der Waals surface area contributed by atoms with Gasteiger partial charge >= 0.3 is 0 Å². The Morgan fingerprint density at radius 3 is 2.69 bits per heavy atom. The van der Waals surface area contributed by atoms with Crippen LogP contribution >= 0.6 is 0 Å². The number of rotatable bonds is 6. The van der Waals surface area contributed by atoms with Crippen molar-refractivity contribution in [3.63, 3.8) is 0 Å². The van der Waals surface area contributed by atoms with Gasteiger partial charge in [-0.15, -0.1) is 0 Å². The monoisotopic (exact) mass is 351 g/mol. The lowest BCUT2D eigenvalue weighted by atomic mass is 9.82. The standard InChI is InChI=1S/C21H29N5/c22-21-24-19-17(16-8-2-1-3-9-16)10-6-11-18(19)20(25-21)23-12-7-15-26-13-4-5-14-26/h1-3,8-9,17H,4-7,10-15H2,(H3,22,23,24,25). The lowest BCUT2D eigenvalue weighted by Crippen LogP contribution is -2.23. The predicted molar refractivity (Wildman–Crippen MR) is 106 cm³/mol. The molecule has 3 N–H and O–H groups in total. The third-order valence-corrected chi connectivity index (χ3v) is 5.65. The molecule has 0 spiro atoms. The van der Waals surface area contributed by atoms with Crippen LogP contribution in [0.3, 0.4) is 0 Å². The van der Waals surface area contributed by atoms with Crippen molar-refractivity contribution in [2.45, 2.75) is 44.4 Å². The Morgan fingerprint density at radius 2 is 1.88 bits per heavy atom. The summed E-state index contributed by atoms with van der Waals surface area (Å²) in [6.45, 7) is 4.63. The number of anilines is 2. The van der Waals surface area contributed by atoms with Crippen LogP contribution in [0.2, 0.25) is 0 Å². The first-order valence-electron chi connectivity index (χ1n) is 9.99. The third-order valence-electron chi connectivity index (χ3n) is 5.65. The summed E-state index contributed by atoms with van der Waals surface area (Å²) in [6, 6.07) is 10.7.